The van der Waals surface area contributed by atoms with Crippen molar-refractivity contribution in [1.82, 2.24) is 14.7 Å². The average Bonchev–Trinajstić information content (AvgIpc) is 3.13. The summed E-state index contributed by atoms with van der Waals surface area (Å²) in [5.41, 5.74) is 5.60. The van der Waals surface area contributed by atoms with Gasteiger partial charge in [-0.05, 0) is 36.4 Å². The lowest BCUT2D eigenvalue weighted by molar-refractivity contribution is -0.137. The van der Waals surface area contributed by atoms with Gasteiger partial charge in [0.05, 0.1) is 40.0 Å². The van der Waals surface area contributed by atoms with Crippen molar-refractivity contribution in [3.63, 3.8) is 0 Å². The van der Waals surface area contributed by atoms with Gasteiger partial charge in [0.15, 0.2) is 0 Å². The van der Waals surface area contributed by atoms with Crippen LogP contribution < -0.4 is 11.1 Å². The van der Waals surface area contributed by atoms with Gasteiger partial charge in [-0.3, -0.25) is 9.48 Å². The number of nitrogens with one attached hydrogen (secondary N) is 1. The molecule has 2 heterocycles. The van der Waals surface area contributed by atoms with Crippen molar-refractivity contribution in [2.45, 2.75) is 19.3 Å². The molecule has 0 bridgehead atoms. The van der Waals surface area contributed by atoms with Gasteiger partial charge < -0.3 is 16.0 Å². The van der Waals surface area contributed by atoms with E-state index in [0.29, 0.717) is 11.3 Å². The number of primary amides is 1. The standard InChI is InChI=1S/C21H15Cl2F4N5O2/c22-13-8-11(2-3-12(13)21(25,26)27)29-20(34)31-5-6-32-16(9-31)17(19(28)33)18(30-32)10-1-4-15(24)14(23)7-10/h1-4,7-8H,5-6,9H2,(H2,28,33)(H,29,34). The van der Waals surface area contributed by atoms with Crippen LogP contribution >= 0.6 is 23.2 Å². The van der Waals surface area contributed by atoms with Crippen LogP contribution in [0.4, 0.5) is 28.0 Å². The third-order valence-electron chi connectivity index (χ3n) is 5.23. The number of nitrogens with two attached hydrogens (primary N) is 1. The van der Waals surface area contributed by atoms with Crippen LogP contribution in [0.5, 0.6) is 0 Å². The summed E-state index contributed by atoms with van der Waals surface area (Å²) in [4.78, 5) is 26.3. The summed E-state index contributed by atoms with van der Waals surface area (Å²) < 4.78 is 53.8. The maximum absolute atomic E-state index is 13.6. The van der Waals surface area contributed by atoms with Gasteiger partial charge in [-0.25, -0.2) is 9.18 Å². The molecule has 0 saturated carbocycles. The molecule has 3 aromatic rings. The Balaban J connectivity index is 1.59. The Hall–Kier alpha value is -3.31. The molecule has 3 amide bonds. The Bertz CT molecular complexity index is 1310. The summed E-state index contributed by atoms with van der Waals surface area (Å²) in [6.45, 7) is 0.350. The van der Waals surface area contributed by atoms with Gasteiger partial charge in [0.2, 0.25) is 0 Å². The predicted octanol–water partition coefficient (Wildman–Crippen LogP) is 5.16. The predicted molar refractivity (Wildman–Crippen MR) is 117 cm³/mol. The summed E-state index contributed by atoms with van der Waals surface area (Å²) in [5.74, 6) is -1.44. The van der Waals surface area contributed by atoms with E-state index < -0.39 is 34.5 Å². The smallest absolute Gasteiger partial charge is 0.365 e. The van der Waals surface area contributed by atoms with Crippen LogP contribution in [-0.2, 0) is 19.3 Å². The minimum atomic E-state index is -4.62. The highest BCUT2D eigenvalue weighted by atomic mass is 35.5. The number of rotatable bonds is 3. The van der Waals surface area contributed by atoms with Crippen molar-refractivity contribution in [1.29, 1.82) is 0 Å². The molecular weight excluding hydrogens is 501 g/mol. The van der Waals surface area contributed by atoms with Crippen molar-refractivity contribution in [3.8, 4) is 11.3 Å². The molecule has 3 N–H and O–H groups in total. The number of aromatic nitrogens is 2. The van der Waals surface area contributed by atoms with E-state index >= 15 is 0 Å². The highest BCUT2D eigenvalue weighted by Crippen LogP contribution is 2.36. The van der Waals surface area contributed by atoms with Crippen molar-refractivity contribution < 1.29 is 27.2 Å². The second-order valence-corrected chi connectivity index (χ2v) is 8.25. The van der Waals surface area contributed by atoms with Crippen molar-refractivity contribution in [3.05, 3.63) is 69.1 Å². The second kappa shape index (κ2) is 8.80. The molecule has 1 aliphatic heterocycles. The molecule has 13 heteroatoms. The Kier molecular flexibility index (Phi) is 6.17. The van der Waals surface area contributed by atoms with E-state index in [1.54, 1.807) is 0 Å². The van der Waals surface area contributed by atoms with E-state index in [0.717, 1.165) is 24.3 Å². The number of amides is 3. The number of anilines is 1. The summed E-state index contributed by atoms with van der Waals surface area (Å²) in [7, 11) is 0. The molecular formula is C21H15Cl2F4N5O2. The SMILES string of the molecule is NC(=O)c1c(-c2ccc(F)c(Cl)c2)nn2c1CN(C(=O)Nc1ccc(C(F)(F)F)c(Cl)c1)CC2. The molecule has 4 rings (SSSR count). The van der Waals surface area contributed by atoms with Crippen LogP contribution in [0, 0.1) is 5.82 Å². The number of fused-ring (bicyclic) bond motifs is 1. The number of nitrogens with zero attached hydrogens (tertiary/aromatic N) is 3. The lowest BCUT2D eigenvalue weighted by atomic mass is 10.0. The molecule has 7 nitrogen and oxygen atoms in total. The number of hydrogen-bond acceptors (Lipinski definition) is 3. The third kappa shape index (κ3) is 4.53. The van der Waals surface area contributed by atoms with Gasteiger partial charge in [0.1, 0.15) is 11.5 Å². The monoisotopic (exact) mass is 515 g/mol. The summed E-state index contributed by atoms with van der Waals surface area (Å²) in [6.07, 6.45) is -4.62. The molecule has 0 atom stereocenters. The summed E-state index contributed by atoms with van der Waals surface area (Å²) in [6, 6.07) is 6.10. The molecule has 0 aliphatic carbocycles. The zero-order chi connectivity index (χ0) is 24.8. The third-order valence-corrected chi connectivity index (χ3v) is 5.83. The van der Waals surface area contributed by atoms with E-state index in [-0.39, 0.29) is 41.6 Å². The van der Waals surface area contributed by atoms with Gasteiger partial charge in [0, 0.05) is 17.8 Å². The van der Waals surface area contributed by atoms with Gasteiger partial charge in [-0.1, -0.05) is 23.2 Å². The maximum atomic E-state index is 13.6. The summed E-state index contributed by atoms with van der Waals surface area (Å²) in [5, 5.41) is 6.17. The van der Waals surface area contributed by atoms with Gasteiger partial charge >= 0.3 is 12.2 Å². The Morgan fingerprint density at radius 2 is 1.79 bits per heavy atom. The highest BCUT2D eigenvalue weighted by Gasteiger charge is 2.33. The first kappa shape index (κ1) is 23.8. The number of benzene rings is 2. The number of halogens is 6. The minimum absolute atomic E-state index is 0.0535. The van der Waals surface area contributed by atoms with Crippen LogP contribution in [0.1, 0.15) is 21.6 Å². The zero-order valence-electron chi connectivity index (χ0n) is 17.1. The number of alkyl halides is 3. The molecule has 1 aliphatic rings. The zero-order valence-corrected chi connectivity index (χ0v) is 18.6. The van der Waals surface area contributed by atoms with E-state index in [9.17, 15) is 27.2 Å². The van der Waals surface area contributed by atoms with Gasteiger partial charge in [-0.2, -0.15) is 18.3 Å². The normalized spacial score (nSPS) is 13.5. The van der Waals surface area contributed by atoms with Crippen molar-refractivity contribution in [2.75, 3.05) is 11.9 Å². The Morgan fingerprint density at radius 3 is 2.41 bits per heavy atom. The lowest BCUT2D eigenvalue weighted by Crippen LogP contribution is -2.41. The van der Waals surface area contributed by atoms with E-state index in [1.165, 1.54) is 21.7 Å². The highest BCUT2D eigenvalue weighted by molar-refractivity contribution is 6.32. The molecule has 178 valence electrons. The van der Waals surface area contributed by atoms with Crippen LogP contribution in [0.3, 0.4) is 0 Å². The van der Waals surface area contributed by atoms with E-state index in [4.69, 9.17) is 28.9 Å². The number of urea groups is 1. The molecule has 34 heavy (non-hydrogen) atoms. The number of carbonyl (C=O) groups excluding carboxylic acids is 2. The number of hydrogen-bond donors (Lipinski definition) is 2. The minimum Gasteiger partial charge on any atom is -0.365 e. The molecule has 0 unspecified atom stereocenters. The molecule has 0 saturated heterocycles. The van der Waals surface area contributed by atoms with Crippen LogP contribution in [0.2, 0.25) is 10.0 Å². The first-order chi connectivity index (χ1) is 16.0. The second-order valence-electron chi connectivity index (χ2n) is 7.43. The van der Waals surface area contributed by atoms with E-state index in [2.05, 4.69) is 10.4 Å². The molecule has 0 fully saturated rings. The van der Waals surface area contributed by atoms with Gasteiger partial charge in [0.25, 0.3) is 5.91 Å². The van der Waals surface area contributed by atoms with Crippen molar-refractivity contribution in [2.24, 2.45) is 5.73 Å². The number of carbonyl (C=O) groups is 2. The first-order valence-electron chi connectivity index (χ1n) is 9.73. The Morgan fingerprint density at radius 1 is 1.06 bits per heavy atom. The molecule has 1 aromatic heterocycles. The fourth-order valence-corrected chi connectivity index (χ4v) is 4.09. The topological polar surface area (TPSA) is 93.2 Å². The van der Waals surface area contributed by atoms with E-state index in [1.807, 2.05) is 0 Å². The molecule has 0 spiro atoms. The fourth-order valence-electron chi connectivity index (χ4n) is 3.62. The molecule has 0 radical (unpaired) electrons. The maximum Gasteiger partial charge on any atom is 0.417 e. The fraction of sp³-hybridized carbons (Fsp3) is 0.190. The Labute approximate surface area is 200 Å². The van der Waals surface area contributed by atoms with Crippen LogP contribution in [0.15, 0.2) is 36.4 Å². The lowest BCUT2D eigenvalue weighted by Gasteiger charge is -2.28. The molecule has 2 aromatic carbocycles. The average molecular weight is 516 g/mol. The van der Waals surface area contributed by atoms with Gasteiger partial charge in [-0.15, -0.1) is 0 Å². The first-order valence-corrected chi connectivity index (χ1v) is 10.5. The van der Waals surface area contributed by atoms with Crippen LogP contribution in [0.25, 0.3) is 11.3 Å². The van der Waals surface area contributed by atoms with Crippen molar-refractivity contribution >= 4 is 40.8 Å². The quantitative estimate of drug-likeness (QED) is 0.471. The summed E-state index contributed by atoms with van der Waals surface area (Å²) >= 11 is 11.6. The largest absolute Gasteiger partial charge is 0.417 e. The van der Waals surface area contributed by atoms with Crippen LogP contribution in [-0.4, -0.2) is 33.2 Å².